The third kappa shape index (κ3) is 3.81. The Balaban J connectivity index is 1.60. The minimum atomic E-state index is -0.539. The van der Waals surface area contributed by atoms with Gasteiger partial charge in [-0.1, -0.05) is 29.8 Å². The van der Waals surface area contributed by atoms with Gasteiger partial charge in [-0.25, -0.2) is 4.39 Å². The van der Waals surface area contributed by atoms with Crippen LogP contribution in [0.1, 0.15) is 38.3 Å². The fourth-order valence-electron chi connectivity index (χ4n) is 3.67. The fourth-order valence-corrected chi connectivity index (χ4v) is 3.84. The zero-order chi connectivity index (χ0) is 21.3. The summed E-state index contributed by atoms with van der Waals surface area (Å²) in [6, 6.07) is 16.6. The molecule has 4 nitrogen and oxygen atoms in total. The number of benzene rings is 3. The number of nitrogens with zero attached hydrogens (tertiary/aromatic N) is 1. The molecule has 0 aromatic heterocycles. The number of rotatable bonds is 3. The molecule has 0 spiro atoms. The van der Waals surface area contributed by atoms with Gasteiger partial charge in [0.1, 0.15) is 5.82 Å². The van der Waals surface area contributed by atoms with Gasteiger partial charge in [0.25, 0.3) is 11.8 Å². The number of nitrogens with one attached hydrogen (secondary N) is 1. The summed E-state index contributed by atoms with van der Waals surface area (Å²) in [7, 11) is 0. The second-order valence-corrected chi connectivity index (χ2v) is 7.66. The van der Waals surface area contributed by atoms with Crippen molar-refractivity contribution in [2.24, 2.45) is 0 Å². The molecular weight excluding hydrogens is 403 g/mol. The highest BCUT2D eigenvalue weighted by Gasteiger charge is 2.26. The van der Waals surface area contributed by atoms with Crippen molar-refractivity contribution in [3.8, 4) is 0 Å². The molecule has 0 saturated heterocycles. The van der Waals surface area contributed by atoms with Gasteiger partial charge in [0, 0.05) is 28.5 Å². The van der Waals surface area contributed by atoms with Crippen LogP contribution >= 0.6 is 11.6 Å². The van der Waals surface area contributed by atoms with Crippen LogP contribution in [-0.4, -0.2) is 18.4 Å². The van der Waals surface area contributed by atoms with E-state index in [4.69, 9.17) is 11.6 Å². The number of amides is 2. The maximum absolute atomic E-state index is 14.1. The molecule has 0 saturated carbocycles. The number of hydrogen-bond donors (Lipinski definition) is 1. The second-order valence-electron chi connectivity index (χ2n) is 7.25. The lowest BCUT2D eigenvalue weighted by Crippen LogP contribution is -2.36. The van der Waals surface area contributed by atoms with Gasteiger partial charge in [-0.2, -0.15) is 0 Å². The third-order valence-corrected chi connectivity index (χ3v) is 5.74. The smallest absolute Gasteiger partial charge is 0.261 e. The Labute approximate surface area is 179 Å². The molecule has 0 unspecified atom stereocenters. The predicted molar refractivity (Wildman–Crippen MR) is 117 cm³/mol. The minimum Gasteiger partial charge on any atom is -0.322 e. The van der Waals surface area contributed by atoms with E-state index in [9.17, 15) is 14.0 Å². The third-order valence-electron chi connectivity index (χ3n) is 5.33. The molecule has 6 heteroatoms. The zero-order valence-electron chi connectivity index (χ0n) is 16.4. The lowest BCUT2D eigenvalue weighted by Gasteiger charge is -2.30. The predicted octanol–water partition coefficient (Wildman–Crippen LogP) is 5.63. The number of aryl methyl sites for hydroxylation is 1. The van der Waals surface area contributed by atoms with Crippen molar-refractivity contribution in [1.82, 2.24) is 0 Å². The van der Waals surface area contributed by atoms with E-state index < -0.39 is 5.82 Å². The number of anilines is 2. The molecule has 0 fully saturated rings. The number of halogens is 2. The normalized spacial score (nSPS) is 13.0. The Bertz CT molecular complexity index is 1150. The number of fused-ring (bicyclic) bond motifs is 1. The first-order chi connectivity index (χ1) is 14.5. The molecule has 3 aromatic carbocycles. The van der Waals surface area contributed by atoms with E-state index in [0.717, 1.165) is 24.0 Å². The molecule has 0 atom stereocenters. The highest BCUT2D eigenvalue weighted by Crippen LogP contribution is 2.30. The van der Waals surface area contributed by atoms with Crippen LogP contribution < -0.4 is 10.2 Å². The molecule has 2 amide bonds. The highest BCUT2D eigenvalue weighted by molar-refractivity contribution is 6.31. The van der Waals surface area contributed by atoms with Crippen LogP contribution in [0.25, 0.3) is 0 Å². The maximum Gasteiger partial charge on any atom is 0.261 e. The minimum absolute atomic E-state index is 0.0450. The first-order valence-electron chi connectivity index (χ1n) is 9.71. The molecule has 4 rings (SSSR count). The molecule has 1 aliphatic heterocycles. The second kappa shape index (κ2) is 8.28. The Kier molecular flexibility index (Phi) is 5.55. The topological polar surface area (TPSA) is 49.4 Å². The molecule has 30 heavy (non-hydrogen) atoms. The summed E-state index contributed by atoms with van der Waals surface area (Å²) in [5, 5.41) is 3.47. The van der Waals surface area contributed by atoms with E-state index in [1.165, 1.54) is 12.1 Å². The van der Waals surface area contributed by atoms with Gasteiger partial charge in [0.15, 0.2) is 0 Å². The first-order valence-corrected chi connectivity index (χ1v) is 10.1. The van der Waals surface area contributed by atoms with Crippen molar-refractivity contribution < 1.29 is 14.0 Å². The van der Waals surface area contributed by atoms with Crippen molar-refractivity contribution in [3.05, 3.63) is 93.8 Å². The van der Waals surface area contributed by atoms with Crippen molar-refractivity contribution in [2.75, 3.05) is 16.8 Å². The lowest BCUT2D eigenvalue weighted by atomic mass is 9.98. The summed E-state index contributed by atoms with van der Waals surface area (Å²) >= 11 is 6.13. The summed E-state index contributed by atoms with van der Waals surface area (Å²) in [6.45, 7) is 2.35. The lowest BCUT2D eigenvalue weighted by molar-refractivity contribution is 0.0980. The fraction of sp³-hybridized carbons (Fsp3) is 0.167. The van der Waals surface area contributed by atoms with Crippen LogP contribution in [0, 0.1) is 12.7 Å². The number of hydrogen-bond acceptors (Lipinski definition) is 2. The van der Waals surface area contributed by atoms with Gasteiger partial charge in [-0.05, 0) is 73.4 Å². The van der Waals surface area contributed by atoms with Gasteiger partial charge in [-0.15, -0.1) is 0 Å². The van der Waals surface area contributed by atoms with E-state index in [0.29, 0.717) is 28.5 Å². The van der Waals surface area contributed by atoms with Crippen molar-refractivity contribution >= 4 is 34.8 Å². The first kappa shape index (κ1) is 20.1. The van der Waals surface area contributed by atoms with Crippen LogP contribution in [0.15, 0.2) is 60.7 Å². The Morgan fingerprint density at radius 3 is 2.67 bits per heavy atom. The van der Waals surface area contributed by atoms with Gasteiger partial charge in [0.05, 0.1) is 5.56 Å². The summed E-state index contributed by atoms with van der Waals surface area (Å²) < 4.78 is 14.1. The van der Waals surface area contributed by atoms with Crippen molar-refractivity contribution in [3.63, 3.8) is 0 Å². The van der Waals surface area contributed by atoms with Crippen LogP contribution in [0.2, 0.25) is 5.02 Å². The van der Waals surface area contributed by atoms with E-state index in [2.05, 4.69) is 5.32 Å². The van der Waals surface area contributed by atoms with Crippen molar-refractivity contribution in [1.29, 1.82) is 0 Å². The highest BCUT2D eigenvalue weighted by atomic mass is 35.5. The quantitative estimate of drug-likeness (QED) is 0.594. The zero-order valence-corrected chi connectivity index (χ0v) is 17.2. The molecule has 0 aliphatic carbocycles. The molecule has 152 valence electrons. The Morgan fingerprint density at radius 2 is 1.87 bits per heavy atom. The summed E-state index contributed by atoms with van der Waals surface area (Å²) in [4.78, 5) is 27.3. The monoisotopic (exact) mass is 422 g/mol. The maximum atomic E-state index is 14.1. The molecule has 0 radical (unpaired) electrons. The molecular formula is C24H20ClFN2O2. The molecule has 3 aromatic rings. The standard InChI is InChI=1S/C24H20ClFN2O2/c1-15-19(25)8-4-10-21(15)27-23(29)17-11-12-22-16(14-17)6-5-13-28(22)24(30)18-7-2-3-9-20(18)26/h2-4,7-12,14H,5-6,13H2,1H3,(H,27,29). The average molecular weight is 423 g/mol. The number of carbonyl (C=O) groups excluding carboxylic acids is 2. The van der Waals surface area contributed by atoms with Crippen LogP contribution in [0.3, 0.4) is 0 Å². The van der Waals surface area contributed by atoms with Crippen LogP contribution in [0.5, 0.6) is 0 Å². The largest absolute Gasteiger partial charge is 0.322 e. The van der Waals surface area contributed by atoms with Gasteiger partial charge < -0.3 is 10.2 Å². The van der Waals surface area contributed by atoms with Gasteiger partial charge >= 0.3 is 0 Å². The van der Waals surface area contributed by atoms with Crippen molar-refractivity contribution in [2.45, 2.75) is 19.8 Å². The summed E-state index contributed by atoms with van der Waals surface area (Å²) in [5.41, 5.74) is 3.59. The molecule has 1 heterocycles. The molecule has 0 bridgehead atoms. The summed E-state index contributed by atoms with van der Waals surface area (Å²) in [6.07, 6.45) is 1.49. The van der Waals surface area contributed by atoms with Gasteiger partial charge in [0.2, 0.25) is 0 Å². The van der Waals surface area contributed by atoms with Crippen LogP contribution in [0.4, 0.5) is 15.8 Å². The Morgan fingerprint density at radius 1 is 1.07 bits per heavy atom. The van der Waals surface area contributed by atoms with Crippen LogP contribution in [-0.2, 0) is 6.42 Å². The molecule has 1 N–H and O–H groups in total. The average Bonchev–Trinajstić information content (AvgIpc) is 2.76. The number of carbonyl (C=O) groups is 2. The van der Waals surface area contributed by atoms with Gasteiger partial charge in [-0.3, -0.25) is 9.59 Å². The Hall–Kier alpha value is -3.18. The van der Waals surface area contributed by atoms with E-state index >= 15 is 0 Å². The SMILES string of the molecule is Cc1c(Cl)cccc1NC(=O)c1ccc2c(c1)CCCN2C(=O)c1ccccc1F. The molecule has 1 aliphatic rings. The van der Waals surface area contributed by atoms with E-state index in [1.807, 2.05) is 6.92 Å². The van der Waals surface area contributed by atoms with E-state index in [-0.39, 0.29) is 17.4 Å². The van der Waals surface area contributed by atoms with E-state index in [1.54, 1.807) is 53.4 Å². The summed E-state index contributed by atoms with van der Waals surface area (Å²) in [5.74, 6) is -1.16.